The maximum absolute atomic E-state index is 12.0. The van der Waals surface area contributed by atoms with Gasteiger partial charge in [0.1, 0.15) is 5.75 Å². The predicted molar refractivity (Wildman–Crippen MR) is 83.0 cm³/mol. The van der Waals surface area contributed by atoms with E-state index in [4.69, 9.17) is 4.74 Å². The molecule has 2 aromatic carbocycles. The van der Waals surface area contributed by atoms with E-state index in [-0.39, 0.29) is 11.6 Å². The molecule has 6 heteroatoms. The van der Waals surface area contributed by atoms with Gasteiger partial charge >= 0.3 is 0 Å². The zero-order valence-electron chi connectivity index (χ0n) is 12.3. The fourth-order valence-electron chi connectivity index (χ4n) is 1.78. The van der Waals surface area contributed by atoms with Crippen LogP contribution in [0, 0.1) is 17.0 Å². The number of nitrogens with zero attached hydrogens (tertiary/aromatic N) is 1. The summed E-state index contributed by atoms with van der Waals surface area (Å²) in [6.07, 6.45) is -0.720. The minimum absolute atomic E-state index is 0.0240. The summed E-state index contributed by atoms with van der Waals surface area (Å²) in [6.45, 7) is 3.58. The average molecular weight is 300 g/mol. The Labute approximate surface area is 127 Å². The van der Waals surface area contributed by atoms with E-state index in [0.717, 1.165) is 5.56 Å². The lowest BCUT2D eigenvalue weighted by atomic mass is 10.2. The first kappa shape index (κ1) is 15.5. The monoisotopic (exact) mass is 300 g/mol. The van der Waals surface area contributed by atoms with Crippen molar-refractivity contribution in [3.8, 4) is 5.75 Å². The van der Waals surface area contributed by atoms with Crippen molar-refractivity contribution in [1.82, 2.24) is 0 Å². The van der Waals surface area contributed by atoms with Crippen LogP contribution in [-0.4, -0.2) is 16.9 Å². The van der Waals surface area contributed by atoms with E-state index >= 15 is 0 Å². The summed E-state index contributed by atoms with van der Waals surface area (Å²) >= 11 is 0. The second kappa shape index (κ2) is 6.71. The van der Waals surface area contributed by atoms with Crippen LogP contribution in [0.4, 0.5) is 11.4 Å². The van der Waals surface area contributed by atoms with Crippen molar-refractivity contribution in [3.63, 3.8) is 0 Å². The first-order chi connectivity index (χ1) is 10.5. The number of nitro benzene ring substituents is 1. The number of hydrogen-bond acceptors (Lipinski definition) is 4. The number of rotatable bonds is 5. The minimum atomic E-state index is -0.720. The number of nitro groups is 1. The SMILES string of the molecule is Cc1ccc(NC(=O)C(C)Oc2ccc([N+](=O)[O-])cc2)cc1. The van der Waals surface area contributed by atoms with Gasteiger partial charge < -0.3 is 10.1 Å². The van der Waals surface area contributed by atoms with E-state index in [2.05, 4.69) is 5.32 Å². The van der Waals surface area contributed by atoms with Crippen LogP contribution < -0.4 is 10.1 Å². The zero-order chi connectivity index (χ0) is 16.1. The van der Waals surface area contributed by atoms with E-state index in [1.165, 1.54) is 24.3 Å². The lowest BCUT2D eigenvalue weighted by Crippen LogP contribution is -2.30. The van der Waals surface area contributed by atoms with E-state index in [9.17, 15) is 14.9 Å². The Balaban J connectivity index is 1.95. The number of ether oxygens (including phenoxy) is 1. The summed E-state index contributed by atoms with van der Waals surface area (Å²) in [7, 11) is 0. The highest BCUT2D eigenvalue weighted by Crippen LogP contribution is 2.19. The van der Waals surface area contributed by atoms with Crippen LogP contribution in [0.5, 0.6) is 5.75 Å². The number of carbonyl (C=O) groups is 1. The second-order valence-corrected chi connectivity index (χ2v) is 4.87. The quantitative estimate of drug-likeness (QED) is 0.678. The van der Waals surface area contributed by atoms with Gasteiger partial charge in [-0.1, -0.05) is 17.7 Å². The molecule has 0 saturated carbocycles. The van der Waals surface area contributed by atoms with Gasteiger partial charge in [0.05, 0.1) is 4.92 Å². The standard InChI is InChI=1S/C16H16N2O4/c1-11-3-5-13(6-4-11)17-16(19)12(2)22-15-9-7-14(8-10-15)18(20)21/h3-10,12H,1-2H3,(H,17,19). The molecule has 114 valence electrons. The number of benzene rings is 2. The Kier molecular flexibility index (Phi) is 4.73. The maximum atomic E-state index is 12.0. The van der Waals surface area contributed by atoms with E-state index < -0.39 is 11.0 Å². The molecule has 0 aliphatic carbocycles. The smallest absolute Gasteiger partial charge is 0.269 e. The lowest BCUT2D eigenvalue weighted by Gasteiger charge is -2.14. The number of non-ortho nitro benzene ring substituents is 1. The van der Waals surface area contributed by atoms with Crippen molar-refractivity contribution in [3.05, 3.63) is 64.2 Å². The summed E-state index contributed by atoms with van der Waals surface area (Å²) in [5.74, 6) is 0.111. The van der Waals surface area contributed by atoms with Gasteiger partial charge in [0.15, 0.2) is 6.10 Å². The molecular weight excluding hydrogens is 284 g/mol. The molecule has 0 spiro atoms. The first-order valence-electron chi connectivity index (χ1n) is 6.74. The van der Waals surface area contributed by atoms with E-state index in [1.54, 1.807) is 6.92 Å². The van der Waals surface area contributed by atoms with Gasteiger partial charge in [-0.15, -0.1) is 0 Å². The molecule has 0 saturated heterocycles. The summed E-state index contributed by atoms with van der Waals surface area (Å²) in [5.41, 5.74) is 1.77. The van der Waals surface area contributed by atoms with Crippen molar-refractivity contribution in [2.24, 2.45) is 0 Å². The molecule has 2 aromatic rings. The minimum Gasteiger partial charge on any atom is -0.481 e. The normalized spacial score (nSPS) is 11.5. The third-order valence-corrected chi connectivity index (χ3v) is 3.05. The molecule has 0 fully saturated rings. The summed E-state index contributed by atoms with van der Waals surface area (Å²) in [4.78, 5) is 22.1. The van der Waals surface area contributed by atoms with Crippen LogP contribution in [0.1, 0.15) is 12.5 Å². The molecule has 1 N–H and O–H groups in total. The molecule has 22 heavy (non-hydrogen) atoms. The number of anilines is 1. The van der Waals surface area contributed by atoms with Crippen LogP contribution in [0.25, 0.3) is 0 Å². The molecule has 0 aliphatic heterocycles. The Morgan fingerprint density at radius 2 is 1.73 bits per heavy atom. The van der Waals surface area contributed by atoms with Crippen LogP contribution in [0.3, 0.4) is 0 Å². The Morgan fingerprint density at radius 1 is 1.14 bits per heavy atom. The van der Waals surface area contributed by atoms with Crippen molar-refractivity contribution in [2.75, 3.05) is 5.32 Å². The van der Waals surface area contributed by atoms with Gasteiger partial charge in [-0.25, -0.2) is 0 Å². The molecule has 1 amide bonds. The summed E-state index contributed by atoms with van der Waals surface area (Å²) in [5, 5.41) is 13.3. The molecule has 0 bridgehead atoms. The number of carbonyl (C=O) groups excluding carboxylic acids is 1. The molecule has 1 unspecified atom stereocenters. The van der Waals surface area contributed by atoms with Crippen LogP contribution in [0.15, 0.2) is 48.5 Å². The van der Waals surface area contributed by atoms with Crippen molar-refractivity contribution in [1.29, 1.82) is 0 Å². The predicted octanol–water partition coefficient (Wildman–Crippen LogP) is 3.31. The van der Waals surface area contributed by atoms with Crippen molar-refractivity contribution >= 4 is 17.3 Å². The van der Waals surface area contributed by atoms with E-state index in [0.29, 0.717) is 11.4 Å². The number of nitrogens with one attached hydrogen (secondary N) is 1. The van der Waals surface area contributed by atoms with E-state index in [1.807, 2.05) is 31.2 Å². The maximum Gasteiger partial charge on any atom is 0.269 e. The number of aryl methyl sites for hydroxylation is 1. The highest BCUT2D eigenvalue weighted by Gasteiger charge is 2.15. The van der Waals surface area contributed by atoms with Crippen LogP contribution in [-0.2, 0) is 4.79 Å². The molecule has 0 aliphatic rings. The van der Waals surface area contributed by atoms with Gasteiger partial charge in [0.25, 0.3) is 11.6 Å². The third-order valence-electron chi connectivity index (χ3n) is 3.05. The molecule has 0 radical (unpaired) electrons. The molecule has 6 nitrogen and oxygen atoms in total. The van der Waals surface area contributed by atoms with Gasteiger partial charge in [0, 0.05) is 17.8 Å². The van der Waals surface area contributed by atoms with Crippen LogP contribution >= 0.6 is 0 Å². The Morgan fingerprint density at radius 3 is 2.27 bits per heavy atom. The fourth-order valence-corrected chi connectivity index (χ4v) is 1.78. The van der Waals surface area contributed by atoms with Gasteiger partial charge in [0.2, 0.25) is 0 Å². The van der Waals surface area contributed by atoms with Gasteiger partial charge in [-0.05, 0) is 38.1 Å². The van der Waals surface area contributed by atoms with Crippen molar-refractivity contribution < 1.29 is 14.5 Å². The number of hydrogen-bond donors (Lipinski definition) is 1. The molecule has 0 aromatic heterocycles. The Bertz CT molecular complexity index is 666. The van der Waals surface area contributed by atoms with Crippen LogP contribution in [0.2, 0.25) is 0 Å². The zero-order valence-corrected chi connectivity index (χ0v) is 12.3. The first-order valence-corrected chi connectivity index (χ1v) is 6.74. The number of amides is 1. The largest absolute Gasteiger partial charge is 0.481 e. The lowest BCUT2D eigenvalue weighted by molar-refractivity contribution is -0.384. The molecule has 2 rings (SSSR count). The topological polar surface area (TPSA) is 81.5 Å². The van der Waals surface area contributed by atoms with Gasteiger partial charge in [-0.3, -0.25) is 14.9 Å². The third kappa shape index (κ3) is 4.05. The van der Waals surface area contributed by atoms with Crippen molar-refractivity contribution in [2.45, 2.75) is 20.0 Å². The Hall–Kier alpha value is -2.89. The molecule has 1 atom stereocenters. The second-order valence-electron chi connectivity index (χ2n) is 4.87. The summed E-state index contributed by atoms with van der Waals surface area (Å²) < 4.78 is 5.47. The highest BCUT2D eigenvalue weighted by molar-refractivity contribution is 5.94. The molecular formula is C16H16N2O4. The average Bonchev–Trinajstić information content (AvgIpc) is 2.50. The van der Waals surface area contributed by atoms with Gasteiger partial charge in [-0.2, -0.15) is 0 Å². The highest BCUT2D eigenvalue weighted by atomic mass is 16.6. The molecule has 0 heterocycles. The summed E-state index contributed by atoms with van der Waals surface area (Å²) in [6, 6.07) is 13.0. The fraction of sp³-hybridized carbons (Fsp3) is 0.188.